The molecule has 16 heavy (non-hydrogen) atoms. The molecule has 3 heteroatoms. The summed E-state index contributed by atoms with van der Waals surface area (Å²) < 4.78 is 5.59. The third-order valence-corrected chi connectivity index (χ3v) is 3.66. The zero-order valence-electron chi connectivity index (χ0n) is 9.71. The van der Waals surface area contributed by atoms with Gasteiger partial charge in [-0.25, -0.2) is 0 Å². The number of methoxy groups -OCH3 is 1. The van der Waals surface area contributed by atoms with E-state index in [9.17, 15) is 0 Å². The van der Waals surface area contributed by atoms with E-state index in [0.717, 1.165) is 18.4 Å². The van der Waals surface area contributed by atoms with Gasteiger partial charge in [-0.2, -0.15) is 5.10 Å². The summed E-state index contributed by atoms with van der Waals surface area (Å²) in [6, 6.07) is 2.23. The van der Waals surface area contributed by atoms with E-state index in [4.69, 9.17) is 4.74 Å². The number of aromatic amines is 1. The van der Waals surface area contributed by atoms with Crippen molar-refractivity contribution in [1.82, 2.24) is 10.2 Å². The van der Waals surface area contributed by atoms with Gasteiger partial charge < -0.3 is 4.74 Å². The Kier molecular flexibility index (Phi) is 2.21. The number of fused-ring (bicyclic) bond motifs is 2. The zero-order valence-corrected chi connectivity index (χ0v) is 9.71. The van der Waals surface area contributed by atoms with E-state index in [1.54, 1.807) is 7.11 Å². The van der Waals surface area contributed by atoms with Crippen molar-refractivity contribution in [3.63, 3.8) is 0 Å². The molecule has 0 spiro atoms. The number of nitrogens with one attached hydrogen (secondary N) is 1. The average Bonchev–Trinajstić information content (AvgIpc) is 2.76. The van der Waals surface area contributed by atoms with Crippen LogP contribution >= 0.6 is 0 Å². The van der Waals surface area contributed by atoms with Crippen molar-refractivity contribution in [2.24, 2.45) is 0 Å². The van der Waals surface area contributed by atoms with Crippen molar-refractivity contribution >= 4 is 10.9 Å². The highest BCUT2D eigenvalue weighted by atomic mass is 16.5. The monoisotopic (exact) mass is 216 g/mol. The first-order valence-corrected chi connectivity index (χ1v) is 5.79. The van der Waals surface area contributed by atoms with Gasteiger partial charge in [-0.05, 0) is 48.9 Å². The summed E-state index contributed by atoms with van der Waals surface area (Å²) in [6.07, 6.45) is 5.68. The van der Waals surface area contributed by atoms with E-state index in [1.165, 1.54) is 28.5 Å². The molecule has 0 amide bonds. The quantitative estimate of drug-likeness (QED) is 0.796. The Labute approximate surface area is 94.8 Å². The first-order chi connectivity index (χ1) is 7.81. The topological polar surface area (TPSA) is 37.9 Å². The number of hydrogen-bond donors (Lipinski definition) is 1. The van der Waals surface area contributed by atoms with Gasteiger partial charge in [0.1, 0.15) is 0 Å². The van der Waals surface area contributed by atoms with Crippen LogP contribution in [0.4, 0.5) is 0 Å². The second-order valence-electron chi connectivity index (χ2n) is 4.52. The molecule has 0 unspecified atom stereocenters. The van der Waals surface area contributed by atoms with Gasteiger partial charge in [0, 0.05) is 12.5 Å². The highest BCUT2D eigenvalue weighted by Gasteiger charge is 2.23. The molecule has 0 saturated carbocycles. The Balaban J connectivity index is 2.29. The SMILES string of the molecule is CO[C@@H]1CCCc2cc3[nH]ncc3c(C)c21. The molecular weight excluding hydrogens is 200 g/mol. The van der Waals surface area contributed by atoms with Crippen molar-refractivity contribution < 1.29 is 4.74 Å². The molecule has 0 aliphatic heterocycles. The van der Waals surface area contributed by atoms with Gasteiger partial charge in [0.25, 0.3) is 0 Å². The fourth-order valence-electron chi connectivity index (χ4n) is 2.86. The van der Waals surface area contributed by atoms with Gasteiger partial charge >= 0.3 is 0 Å². The van der Waals surface area contributed by atoms with Crippen molar-refractivity contribution in [2.75, 3.05) is 7.11 Å². The molecule has 1 aromatic carbocycles. The molecule has 1 heterocycles. The molecular formula is C13H16N2O. The van der Waals surface area contributed by atoms with E-state index in [0.29, 0.717) is 0 Å². The van der Waals surface area contributed by atoms with Crippen LogP contribution in [0.15, 0.2) is 12.3 Å². The lowest BCUT2D eigenvalue weighted by Crippen LogP contribution is -2.13. The van der Waals surface area contributed by atoms with E-state index in [2.05, 4.69) is 23.2 Å². The van der Waals surface area contributed by atoms with Crippen LogP contribution in [0.1, 0.15) is 35.6 Å². The molecule has 3 rings (SSSR count). The fourth-order valence-corrected chi connectivity index (χ4v) is 2.86. The van der Waals surface area contributed by atoms with Gasteiger partial charge in [-0.1, -0.05) is 0 Å². The maximum Gasteiger partial charge on any atom is 0.0826 e. The summed E-state index contributed by atoms with van der Waals surface area (Å²) in [7, 11) is 1.80. The normalized spacial score (nSPS) is 20.0. The third-order valence-electron chi connectivity index (χ3n) is 3.66. The molecule has 84 valence electrons. The van der Waals surface area contributed by atoms with Crippen molar-refractivity contribution in [3.05, 3.63) is 29.0 Å². The number of ether oxygens (including phenoxy) is 1. The Morgan fingerprint density at radius 1 is 1.50 bits per heavy atom. The van der Waals surface area contributed by atoms with Crippen LogP contribution in [0.2, 0.25) is 0 Å². The largest absolute Gasteiger partial charge is 0.377 e. The number of benzene rings is 1. The average molecular weight is 216 g/mol. The van der Waals surface area contributed by atoms with Crippen LogP contribution in [0.25, 0.3) is 10.9 Å². The van der Waals surface area contributed by atoms with Gasteiger partial charge in [0.2, 0.25) is 0 Å². The summed E-state index contributed by atoms with van der Waals surface area (Å²) in [5.41, 5.74) is 5.29. The summed E-state index contributed by atoms with van der Waals surface area (Å²) in [4.78, 5) is 0. The number of nitrogens with zero attached hydrogens (tertiary/aromatic N) is 1. The lowest BCUT2D eigenvalue weighted by molar-refractivity contribution is 0.0877. The number of H-pyrrole nitrogens is 1. The number of rotatable bonds is 1. The fraction of sp³-hybridized carbons (Fsp3) is 0.462. The van der Waals surface area contributed by atoms with Gasteiger partial charge in [-0.3, -0.25) is 5.10 Å². The number of aryl methyl sites for hydroxylation is 2. The zero-order chi connectivity index (χ0) is 11.1. The van der Waals surface area contributed by atoms with Crippen LogP contribution in [0.5, 0.6) is 0 Å². The summed E-state index contributed by atoms with van der Waals surface area (Å²) >= 11 is 0. The van der Waals surface area contributed by atoms with Crippen LogP contribution in [-0.4, -0.2) is 17.3 Å². The molecule has 0 bridgehead atoms. The standard InChI is InChI=1S/C13H16N2O/c1-8-10-7-14-15-11(10)6-9-4-3-5-12(16-2)13(8)9/h6-7,12H,3-5H2,1-2H3,(H,14,15)/t12-/m1/s1. The minimum absolute atomic E-state index is 0.267. The molecule has 2 aromatic rings. The molecule has 0 saturated heterocycles. The minimum atomic E-state index is 0.267. The first-order valence-electron chi connectivity index (χ1n) is 5.79. The van der Waals surface area contributed by atoms with Crippen LogP contribution in [0.3, 0.4) is 0 Å². The molecule has 0 radical (unpaired) electrons. The van der Waals surface area contributed by atoms with E-state index in [-0.39, 0.29) is 6.10 Å². The summed E-state index contributed by atoms with van der Waals surface area (Å²) in [6.45, 7) is 2.17. The Hall–Kier alpha value is -1.35. The maximum atomic E-state index is 5.59. The Morgan fingerprint density at radius 2 is 2.38 bits per heavy atom. The molecule has 1 aliphatic carbocycles. The molecule has 1 N–H and O–H groups in total. The molecule has 3 nitrogen and oxygen atoms in total. The molecule has 1 aromatic heterocycles. The second-order valence-corrected chi connectivity index (χ2v) is 4.52. The summed E-state index contributed by atoms with van der Waals surface area (Å²) in [5, 5.41) is 8.40. The van der Waals surface area contributed by atoms with Crippen molar-refractivity contribution in [1.29, 1.82) is 0 Å². The maximum absolute atomic E-state index is 5.59. The Bertz CT molecular complexity index is 530. The van der Waals surface area contributed by atoms with Gasteiger partial charge in [0.15, 0.2) is 0 Å². The molecule has 1 atom stereocenters. The van der Waals surface area contributed by atoms with Crippen molar-refractivity contribution in [2.45, 2.75) is 32.3 Å². The van der Waals surface area contributed by atoms with Gasteiger partial charge in [-0.15, -0.1) is 0 Å². The highest BCUT2D eigenvalue weighted by molar-refractivity contribution is 5.84. The Morgan fingerprint density at radius 3 is 3.19 bits per heavy atom. The lowest BCUT2D eigenvalue weighted by atomic mass is 9.85. The van der Waals surface area contributed by atoms with Crippen LogP contribution in [-0.2, 0) is 11.2 Å². The first kappa shape index (κ1) is 9.85. The minimum Gasteiger partial charge on any atom is -0.377 e. The van der Waals surface area contributed by atoms with Crippen LogP contribution in [0, 0.1) is 6.92 Å². The van der Waals surface area contributed by atoms with E-state index < -0.39 is 0 Å². The third kappa shape index (κ3) is 1.28. The van der Waals surface area contributed by atoms with E-state index in [1.807, 2.05) is 6.20 Å². The lowest BCUT2D eigenvalue weighted by Gasteiger charge is -2.26. The van der Waals surface area contributed by atoms with Crippen LogP contribution < -0.4 is 0 Å². The molecule has 1 aliphatic rings. The smallest absolute Gasteiger partial charge is 0.0826 e. The van der Waals surface area contributed by atoms with Gasteiger partial charge in [0.05, 0.1) is 17.8 Å². The number of hydrogen-bond acceptors (Lipinski definition) is 2. The van der Waals surface area contributed by atoms with E-state index >= 15 is 0 Å². The predicted molar refractivity (Wildman–Crippen MR) is 63.5 cm³/mol. The highest BCUT2D eigenvalue weighted by Crippen LogP contribution is 2.37. The van der Waals surface area contributed by atoms with Crippen molar-refractivity contribution in [3.8, 4) is 0 Å². The number of aromatic nitrogens is 2. The predicted octanol–water partition coefficient (Wildman–Crippen LogP) is 2.90. The summed E-state index contributed by atoms with van der Waals surface area (Å²) in [5.74, 6) is 0. The second kappa shape index (κ2) is 3.59. The molecule has 0 fully saturated rings.